The maximum Gasteiger partial charge on any atom is 0.469 e. The summed E-state index contributed by atoms with van der Waals surface area (Å²) in [5.74, 6) is -1.18. The highest BCUT2D eigenvalue weighted by Crippen LogP contribution is 2.45. The zero-order valence-corrected chi connectivity index (χ0v) is 21.0. The molecule has 2 aliphatic heterocycles. The van der Waals surface area contributed by atoms with Gasteiger partial charge in [-0.05, 0) is 50.4 Å². The predicted molar refractivity (Wildman–Crippen MR) is 127 cm³/mol. The van der Waals surface area contributed by atoms with Gasteiger partial charge in [0.15, 0.2) is 0 Å². The van der Waals surface area contributed by atoms with E-state index >= 15 is 0 Å². The highest BCUT2D eigenvalue weighted by atomic mass is 31.2. The van der Waals surface area contributed by atoms with E-state index in [4.69, 9.17) is 14.5 Å². The molecule has 0 spiro atoms. The van der Waals surface area contributed by atoms with Gasteiger partial charge in [-0.3, -0.25) is 23.9 Å². The summed E-state index contributed by atoms with van der Waals surface area (Å²) in [5.41, 5.74) is 2.27. The monoisotopic (exact) mass is 511 g/mol. The van der Waals surface area contributed by atoms with Crippen molar-refractivity contribution in [1.82, 2.24) is 9.80 Å². The van der Waals surface area contributed by atoms with Gasteiger partial charge in [0.2, 0.25) is 11.8 Å². The number of ether oxygens (including phenoxy) is 1. The molecular weight excluding hydrogens is 477 g/mol. The number of rotatable bonds is 8. The van der Waals surface area contributed by atoms with E-state index in [-0.39, 0.29) is 31.2 Å². The van der Waals surface area contributed by atoms with E-state index in [9.17, 15) is 19.3 Å². The fourth-order valence-corrected chi connectivity index (χ4v) is 6.00. The van der Waals surface area contributed by atoms with Crippen molar-refractivity contribution < 1.29 is 38.3 Å². The second-order valence-electron chi connectivity index (χ2n) is 9.57. The highest BCUT2D eigenvalue weighted by Gasteiger charge is 2.53. The number of hydrogen-bond acceptors (Lipinski definition) is 8. The van der Waals surface area contributed by atoms with Crippen molar-refractivity contribution in [2.75, 3.05) is 51.3 Å². The number of amides is 2. The molecule has 2 saturated heterocycles. The van der Waals surface area contributed by atoms with Gasteiger partial charge in [-0.15, -0.1) is 0 Å². The topological polar surface area (TPSA) is 140 Å². The second kappa shape index (κ2) is 10.5. The van der Waals surface area contributed by atoms with E-state index in [1.165, 1.54) is 10.5 Å². The van der Waals surface area contributed by atoms with Gasteiger partial charge in [0, 0.05) is 32.7 Å². The van der Waals surface area contributed by atoms with Gasteiger partial charge in [0.1, 0.15) is 5.75 Å². The molecular formula is C23H34N3O8P. The number of phosphoric acid groups is 1. The molecule has 4 atom stereocenters. The molecule has 11 nitrogen and oxygen atoms in total. The van der Waals surface area contributed by atoms with Gasteiger partial charge in [-0.25, -0.2) is 4.57 Å². The lowest BCUT2D eigenvalue weighted by Crippen LogP contribution is -2.47. The van der Waals surface area contributed by atoms with E-state index in [1.54, 1.807) is 7.11 Å². The first-order valence-electron chi connectivity index (χ1n) is 12.0. The lowest BCUT2D eigenvalue weighted by atomic mass is 9.78. The average molecular weight is 512 g/mol. The number of hydrogen-bond donors (Lipinski definition) is 3. The quantitative estimate of drug-likeness (QED) is 0.338. The number of benzene rings is 1. The van der Waals surface area contributed by atoms with Gasteiger partial charge in [-0.2, -0.15) is 0 Å². The Morgan fingerprint density at radius 3 is 2.31 bits per heavy atom. The second-order valence-corrected chi connectivity index (χ2v) is 10.8. The molecule has 2 heterocycles. The molecule has 194 valence electrons. The number of fused-ring (bicyclic) bond motifs is 1. The van der Waals surface area contributed by atoms with E-state index in [2.05, 4.69) is 27.3 Å². The number of likely N-dealkylation sites (tertiary alicyclic amines) is 1. The Morgan fingerprint density at radius 1 is 1.03 bits per heavy atom. The van der Waals surface area contributed by atoms with Crippen LogP contribution in [-0.2, 0) is 18.7 Å². The molecule has 12 heteroatoms. The van der Waals surface area contributed by atoms with Crippen LogP contribution in [0.25, 0.3) is 0 Å². The van der Waals surface area contributed by atoms with Gasteiger partial charge in [0.25, 0.3) is 0 Å². The minimum atomic E-state index is -4.81. The Hall–Kier alpha value is -2.01. The van der Waals surface area contributed by atoms with Crippen molar-refractivity contribution in [2.24, 2.45) is 11.8 Å². The van der Waals surface area contributed by atoms with Crippen LogP contribution < -0.4 is 9.64 Å². The van der Waals surface area contributed by atoms with Crippen LogP contribution in [0.5, 0.6) is 5.75 Å². The lowest BCUT2D eigenvalue weighted by Gasteiger charge is -2.37. The smallest absolute Gasteiger partial charge is 0.469 e. The molecule has 2 amide bonds. The molecule has 35 heavy (non-hydrogen) atoms. The Bertz CT molecular complexity index is 993. The van der Waals surface area contributed by atoms with E-state index < -0.39 is 31.9 Å². The van der Waals surface area contributed by atoms with Gasteiger partial charge in [0.05, 0.1) is 36.8 Å². The zero-order chi connectivity index (χ0) is 25.3. The summed E-state index contributed by atoms with van der Waals surface area (Å²) in [6, 6.07) is 6.14. The zero-order valence-electron chi connectivity index (χ0n) is 20.1. The van der Waals surface area contributed by atoms with E-state index in [0.29, 0.717) is 6.42 Å². The first-order valence-corrected chi connectivity index (χ1v) is 13.5. The summed E-state index contributed by atoms with van der Waals surface area (Å²) < 4.78 is 21.3. The Labute approximate surface area is 204 Å². The number of aliphatic hydroxyl groups is 1. The maximum atomic E-state index is 12.9. The van der Waals surface area contributed by atoms with E-state index in [0.717, 1.165) is 44.2 Å². The van der Waals surface area contributed by atoms with Crippen molar-refractivity contribution in [1.29, 1.82) is 0 Å². The normalized spacial score (nSPS) is 27.9. The third kappa shape index (κ3) is 5.87. The van der Waals surface area contributed by atoms with Crippen molar-refractivity contribution >= 4 is 25.3 Å². The molecule has 1 aliphatic carbocycles. The summed E-state index contributed by atoms with van der Waals surface area (Å²) in [6.45, 7) is 6.51. The molecule has 3 fully saturated rings. The minimum absolute atomic E-state index is 0.0409. The van der Waals surface area contributed by atoms with Crippen LogP contribution in [0.4, 0.5) is 5.69 Å². The summed E-state index contributed by atoms with van der Waals surface area (Å²) in [4.78, 5) is 49.7. The summed E-state index contributed by atoms with van der Waals surface area (Å²) >= 11 is 0. The molecule has 1 saturated carbocycles. The molecule has 4 rings (SSSR count). The van der Waals surface area contributed by atoms with Crippen LogP contribution in [0.1, 0.15) is 24.8 Å². The summed E-state index contributed by atoms with van der Waals surface area (Å²) in [5, 5.41) is 10.2. The van der Waals surface area contributed by atoms with Crippen molar-refractivity contribution in [3.05, 3.63) is 23.8 Å². The van der Waals surface area contributed by atoms with Crippen LogP contribution >= 0.6 is 7.82 Å². The average Bonchev–Trinajstić information content (AvgIpc) is 3.03. The molecule has 0 radical (unpaired) electrons. The third-order valence-electron chi connectivity index (χ3n) is 7.24. The summed E-state index contributed by atoms with van der Waals surface area (Å²) in [6.07, 6.45) is -1.86. The largest absolute Gasteiger partial charge is 0.495 e. The minimum Gasteiger partial charge on any atom is -0.495 e. The standard InChI is InChI=1S/C23H34N3O8P/c1-15-4-5-20(33-2)18(12-15)25-10-8-24(9-11-25)6-3-7-26-22(28)16-13-19(27)21(34-35(30,31)32)14-17(16)23(26)29/h4-5,12,16-17,19,21,27H,3,6-11,13-14H2,1-2H3,(H2,30,31,32). The van der Waals surface area contributed by atoms with Crippen molar-refractivity contribution in [2.45, 2.75) is 38.4 Å². The van der Waals surface area contributed by atoms with Gasteiger partial charge in [-0.1, -0.05) is 6.07 Å². The van der Waals surface area contributed by atoms with Crippen LogP contribution in [0.3, 0.4) is 0 Å². The molecule has 3 N–H and O–H groups in total. The number of nitrogens with zero attached hydrogens (tertiary/aromatic N) is 3. The number of carbonyl (C=O) groups is 2. The number of aliphatic hydroxyl groups excluding tert-OH is 1. The number of methoxy groups -OCH3 is 1. The first kappa shape index (κ1) is 26.1. The van der Waals surface area contributed by atoms with Gasteiger partial charge < -0.3 is 24.5 Å². The third-order valence-corrected chi connectivity index (χ3v) is 7.78. The number of phosphoric ester groups is 1. The number of carbonyl (C=O) groups excluding carboxylic acids is 2. The predicted octanol–water partition coefficient (Wildman–Crippen LogP) is 0.750. The number of piperazine rings is 1. The van der Waals surface area contributed by atoms with Crippen LogP contribution in [0.15, 0.2) is 18.2 Å². The van der Waals surface area contributed by atoms with Crippen LogP contribution in [0.2, 0.25) is 0 Å². The van der Waals surface area contributed by atoms with E-state index in [1.807, 2.05) is 12.1 Å². The van der Waals surface area contributed by atoms with Crippen LogP contribution in [-0.4, -0.2) is 95.1 Å². The number of aryl methyl sites for hydroxylation is 1. The SMILES string of the molecule is COc1ccc(C)cc1N1CCN(CCCN2C(=O)C3CC(O)C(OP(=O)(O)O)CC3C2=O)CC1. The fraction of sp³-hybridized carbons (Fsp3) is 0.652. The first-order chi connectivity index (χ1) is 16.6. The van der Waals surface area contributed by atoms with Crippen molar-refractivity contribution in [3.8, 4) is 5.75 Å². The number of anilines is 1. The Balaban J connectivity index is 1.27. The van der Waals surface area contributed by atoms with Gasteiger partial charge >= 0.3 is 7.82 Å². The Morgan fingerprint density at radius 2 is 1.69 bits per heavy atom. The molecule has 1 aromatic carbocycles. The van der Waals surface area contributed by atoms with Crippen molar-refractivity contribution in [3.63, 3.8) is 0 Å². The van der Waals surface area contributed by atoms with Crippen LogP contribution in [0, 0.1) is 18.8 Å². The molecule has 0 aromatic heterocycles. The lowest BCUT2D eigenvalue weighted by molar-refractivity contribution is -0.140. The highest BCUT2D eigenvalue weighted by molar-refractivity contribution is 7.46. The summed E-state index contributed by atoms with van der Waals surface area (Å²) in [7, 11) is -3.14. The molecule has 4 unspecified atom stereocenters. The Kier molecular flexibility index (Phi) is 7.85. The molecule has 0 bridgehead atoms. The molecule has 1 aromatic rings. The molecule has 3 aliphatic rings. The fourth-order valence-electron chi connectivity index (χ4n) is 5.42. The number of imide groups is 1. The maximum absolute atomic E-state index is 12.9.